The quantitative estimate of drug-likeness (QED) is 0.781. The van der Waals surface area contributed by atoms with Gasteiger partial charge in [0, 0.05) is 18.1 Å². The van der Waals surface area contributed by atoms with Gasteiger partial charge in [0.1, 0.15) is 0 Å². The third-order valence-corrected chi connectivity index (χ3v) is 4.09. The molecule has 3 N–H and O–H groups in total. The zero-order valence-corrected chi connectivity index (χ0v) is 12.9. The Morgan fingerprint density at radius 1 is 1.25 bits per heavy atom. The number of imidazole rings is 1. The largest absolute Gasteiger partial charge is 0.323 e. The molecule has 2 aromatic rings. The highest BCUT2D eigenvalue weighted by Crippen LogP contribution is 2.18. The van der Waals surface area contributed by atoms with Crippen LogP contribution < -0.4 is 11.0 Å². The predicted molar refractivity (Wildman–Crippen MR) is 83.1 cm³/mol. The van der Waals surface area contributed by atoms with Gasteiger partial charge in [0.2, 0.25) is 0 Å². The molecule has 0 fully saturated rings. The number of aromatic nitrogens is 2. The van der Waals surface area contributed by atoms with Crippen LogP contribution in [0.4, 0.5) is 0 Å². The van der Waals surface area contributed by atoms with Crippen molar-refractivity contribution >= 4 is 11.0 Å². The molecule has 0 amide bonds. The van der Waals surface area contributed by atoms with E-state index in [0.717, 1.165) is 17.6 Å². The van der Waals surface area contributed by atoms with Crippen LogP contribution in [0.5, 0.6) is 0 Å². The number of H-pyrrole nitrogens is 2. The third-order valence-electron chi connectivity index (χ3n) is 4.09. The van der Waals surface area contributed by atoms with E-state index >= 15 is 0 Å². The van der Waals surface area contributed by atoms with Crippen LogP contribution in [0.25, 0.3) is 11.0 Å². The zero-order chi connectivity index (χ0) is 14.9. The van der Waals surface area contributed by atoms with Gasteiger partial charge in [0.25, 0.3) is 0 Å². The van der Waals surface area contributed by atoms with Gasteiger partial charge in [-0.25, -0.2) is 4.79 Å². The van der Waals surface area contributed by atoms with Gasteiger partial charge in [0.05, 0.1) is 11.0 Å². The first-order valence-electron chi connectivity index (χ1n) is 6.92. The summed E-state index contributed by atoms with van der Waals surface area (Å²) in [6.07, 6.45) is 0. The molecule has 1 heterocycles. The fourth-order valence-electron chi connectivity index (χ4n) is 2.00. The number of fused-ring (bicyclic) bond motifs is 1. The van der Waals surface area contributed by atoms with E-state index in [1.54, 1.807) is 0 Å². The predicted octanol–water partition coefficient (Wildman–Crippen LogP) is 1.85. The SMILES string of the molecule is CC(NCC(C)(C)N(C)C)c1ccc2[nH]c(=O)[nH]c2c1. The number of likely N-dealkylation sites (N-methyl/N-ethyl adjacent to an activating group) is 1. The van der Waals surface area contributed by atoms with E-state index in [1.807, 2.05) is 18.2 Å². The minimum Gasteiger partial charge on any atom is -0.308 e. The van der Waals surface area contributed by atoms with Gasteiger partial charge < -0.3 is 20.2 Å². The van der Waals surface area contributed by atoms with Crippen LogP contribution in [0.2, 0.25) is 0 Å². The van der Waals surface area contributed by atoms with E-state index in [2.05, 4.69) is 55.1 Å². The van der Waals surface area contributed by atoms with Crippen LogP contribution in [-0.4, -0.2) is 41.0 Å². The number of nitrogens with zero attached hydrogens (tertiary/aromatic N) is 1. The van der Waals surface area contributed by atoms with Crippen molar-refractivity contribution in [2.45, 2.75) is 32.4 Å². The van der Waals surface area contributed by atoms with Gasteiger partial charge in [-0.3, -0.25) is 0 Å². The first kappa shape index (κ1) is 14.8. The molecule has 1 atom stereocenters. The van der Waals surface area contributed by atoms with Crippen LogP contribution in [0.1, 0.15) is 32.4 Å². The van der Waals surface area contributed by atoms with Gasteiger partial charge in [-0.2, -0.15) is 0 Å². The van der Waals surface area contributed by atoms with Crippen molar-refractivity contribution in [1.29, 1.82) is 0 Å². The van der Waals surface area contributed by atoms with E-state index in [-0.39, 0.29) is 17.3 Å². The summed E-state index contributed by atoms with van der Waals surface area (Å²) >= 11 is 0. The fraction of sp³-hybridized carbons (Fsp3) is 0.533. The van der Waals surface area contributed by atoms with Crippen molar-refractivity contribution in [3.05, 3.63) is 34.2 Å². The van der Waals surface area contributed by atoms with Gasteiger partial charge >= 0.3 is 5.69 Å². The minimum absolute atomic E-state index is 0.0980. The van der Waals surface area contributed by atoms with E-state index in [0.29, 0.717) is 0 Å². The van der Waals surface area contributed by atoms with E-state index in [9.17, 15) is 4.79 Å². The molecule has 110 valence electrons. The van der Waals surface area contributed by atoms with Crippen LogP contribution in [0.15, 0.2) is 23.0 Å². The van der Waals surface area contributed by atoms with Crippen molar-refractivity contribution in [1.82, 2.24) is 20.2 Å². The standard InChI is InChI=1S/C15H24N4O/c1-10(16-9-15(2,3)19(4)5)11-6-7-12-13(8-11)18-14(20)17-12/h6-8,10,16H,9H2,1-5H3,(H2,17,18,20). The summed E-state index contributed by atoms with van der Waals surface area (Å²) in [7, 11) is 4.17. The molecule has 1 aromatic heterocycles. The molecule has 0 radical (unpaired) electrons. The molecule has 1 unspecified atom stereocenters. The Kier molecular flexibility index (Phi) is 4.01. The number of rotatable bonds is 5. The average molecular weight is 276 g/mol. The summed E-state index contributed by atoms with van der Waals surface area (Å²) in [5.41, 5.74) is 2.81. The number of hydrogen-bond acceptors (Lipinski definition) is 3. The number of aromatic amines is 2. The lowest BCUT2D eigenvalue weighted by Gasteiger charge is -2.34. The highest BCUT2D eigenvalue weighted by molar-refractivity contribution is 5.75. The smallest absolute Gasteiger partial charge is 0.308 e. The molecular formula is C15H24N4O. The molecule has 0 saturated heterocycles. The van der Waals surface area contributed by atoms with E-state index in [1.165, 1.54) is 5.56 Å². The van der Waals surface area contributed by atoms with Crippen molar-refractivity contribution in [3.63, 3.8) is 0 Å². The van der Waals surface area contributed by atoms with Crippen molar-refractivity contribution in [3.8, 4) is 0 Å². The Hall–Kier alpha value is -1.59. The Balaban J connectivity index is 2.11. The topological polar surface area (TPSA) is 63.9 Å². The molecule has 0 spiro atoms. The van der Waals surface area contributed by atoms with Crippen molar-refractivity contribution < 1.29 is 0 Å². The van der Waals surface area contributed by atoms with E-state index in [4.69, 9.17) is 0 Å². The van der Waals surface area contributed by atoms with Gasteiger partial charge in [-0.1, -0.05) is 6.07 Å². The van der Waals surface area contributed by atoms with Crippen LogP contribution >= 0.6 is 0 Å². The molecular weight excluding hydrogens is 252 g/mol. The molecule has 2 rings (SSSR count). The lowest BCUT2D eigenvalue weighted by atomic mass is 10.0. The zero-order valence-electron chi connectivity index (χ0n) is 12.9. The van der Waals surface area contributed by atoms with Crippen molar-refractivity contribution in [2.75, 3.05) is 20.6 Å². The van der Waals surface area contributed by atoms with Gasteiger partial charge in [-0.05, 0) is 52.6 Å². The lowest BCUT2D eigenvalue weighted by Crippen LogP contribution is -2.47. The Bertz CT molecular complexity index is 639. The molecule has 0 bridgehead atoms. The maximum atomic E-state index is 11.3. The van der Waals surface area contributed by atoms with Crippen LogP contribution in [0.3, 0.4) is 0 Å². The fourth-order valence-corrected chi connectivity index (χ4v) is 2.00. The maximum Gasteiger partial charge on any atom is 0.323 e. The average Bonchev–Trinajstić information content (AvgIpc) is 2.74. The van der Waals surface area contributed by atoms with E-state index < -0.39 is 0 Å². The highest BCUT2D eigenvalue weighted by Gasteiger charge is 2.21. The van der Waals surface area contributed by atoms with Crippen LogP contribution in [0, 0.1) is 0 Å². The summed E-state index contributed by atoms with van der Waals surface area (Å²) < 4.78 is 0. The second kappa shape index (κ2) is 5.42. The molecule has 0 saturated carbocycles. The van der Waals surface area contributed by atoms with Gasteiger partial charge in [-0.15, -0.1) is 0 Å². The van der Waals surface area contributed by atoms with Crippen LogP contribution in [-0.2, 0) is 0 Å². The second-order valence-corrected chi connectivity index (χ2v) is 6.19. The summed E-state index contributed by atoms with van der Waals surface area (Å²) in [6.45, 7) is 7.44. The first-order valence-corrected chi connectivity index (χ1v) is 6.92. The molecule has 20 heavy (non-hydrogen) atoms. The molecule has 5 nitrogen and oxygen atoms in total. The molecule has 0 aliphatic heterocycles. The molecule has 5 heteroatoms. The Morgan fingerprint density at radius 2 is 1.90 bits per heavy atom. The number of nitrogens with one attached hydrogen (secondary N) is 3. The normalized spacial score (nSPS) is 14.1. The first-order chi connectivity index (χ1) is 9.29. The molecule has 0 aliphatic rings. The monoisotopic (exact) mass is 276 g/mol. The lowest BCUT2D eigenvalue weighted by molar-refractivity contribution is 0.185. The molecule has 0 aliphatic carbocycles. The van der Waals surface area contributed by atoms with Crippen molar-refractivity contribution in [2.24, 2.45) is 0 Å². The summed E-state index contributed by atoms with van der Waals surface area (Å²) in [6, 6.07) is 6.25. The Morgan fingerprint density at radius 3 is 2.55 bits per heavy atom. The highest BCUT2D eigenvalue weighted by atomic mass is 16.1. The minimum atomic E-state index is -0.161. The number of benzene rings is 1. The summed E-state index contributed by atoms with van der Waals surface area (Å²) in [5.74, 6) is 0. The van der Waals surface area contributed by atoms with Gasteiger partial charge in [0.15, 0.2) is 0 Å². The Labute approximate surface area is 119 Å². The third kappa shape index (κ3) is 3.11. The second-order valence-electron chi connectivity index (χ2n) is 6.19. The molecule has 1 aromatic carbocycles. The maximum absolute atomic E-state index is 11.3. The summed E-state index contributed by atoms with van der Waals surface area (Å²) in [5, 5.41) is 3.55. The summed E-state index contributed by atoms with van der Waals surface area (Å²) in [4.78, 5) is 19.0. The number of hydrogen-bond donors (Lipinski definition) is 3.